The highest BCUT2D eigenvalue weighted by Gasteiger charge is 2.03. The lowest BCUT2D eigenvalue weighted by molar-refractivity contribution is -0.121. The van der Waals surface area contributed by atoms with Gasteiger partial charge in [0.15, 0.2) is 0 Å². The molecule has 0 aliphatic carbocycles. The van der Waals surface area contributed by atoms with E-state index in [0.717, 1.165) is 15.7 Å². The number of carbonyl (C=O) groups excluding carboxylic acids is 1. The second-order valence-electron chi connectivity index (χ2n) is 3.60. The Balaban J connectivity index is 2.61. The molecule has 0 saturated carbocycles. The summed E-state index contributed by atoms with van der Waals surface area (Å²) >= 11 is 3.44. The third-order valence-electron chi connectivity index (χ3n) is 2.22. The molecule has 0 aliphatic heterocycles. The number of amides is 1. The molecule has 1 aromatic carbocycles. The summed E-state index contributed by atoms with van der Waals surface area (Å²) in [4.78, 5) is 11.3. The molecule has 92 valence electrons. The standard InChI is InChI=1S/C12H16BrN3O/c1-9(10-5-2-3-6-11(10)13)15-16-12(17)7-4-8-14/h2-3,5-6H,4,7-8,14H2,1H3,(H,16,17)/b15-9+. The Kier molecular flexibility index (Phi) is 5.86. The van der Waals surface area contributed by atoms with Gasteiger partial charge in [0.25, 0.3) is 0 Å². The number of benzene rings is 1. The van der Waals surface area contributed by atoms with Crippen LogP contribution in [0.2, 0.25) is 0 Å². The van der Waals surface area contributed by atoms with E-state index in [1.54, 1.807) is 0 Å². The molecule has 0 unspecified atom stereocenters. The maximum Gasteiger partial charge on any atom is 0.240 e. The summed E-state index contributed by atoms with van der Waals surface area (Å²) in [6.45, 7) is 2.36. The van der Waals surface area contributed by atoms with Gasteiger partial charge in [-0.25, -0.2) is 5.43 Å². The van der Waals surface area contributed by atoms with Crippen LogP contribution in [-0.2, 0) is 4.79 Å². The molecule has 0 aliphatic rings. The van der Waals surface area contributed by atoms with Gasteiger partial charge in [0.2, 0.25) is 5.91 Å². The number of carbonyl (C=O) groups is 1. The number of nitrogens with two attached hydrogens (primary N) is 1. The van der Waals surface area contributed by atoms with Crippen molar-refractivity contribution in [1.29, 1.82) is 0 Å². The molecule has 0 atom stereocenters. The van der Waals surface area contributed by atoms with Crippen LogP contribution in [0, 0.1) is 0 Å². The van der Waals surface area contributed by atoms with E-state index in [2.05, 4.69) is 26.5 Å². The third kappa shape index (κ3) is 4.66. The van der Waals surface area contributed by atoms with Crippen molar-refractivity contribution in [3.05, 3.63) is 34.3 Å². The number of hydrazone groups is 1. The largest absolute Gasteiger partial charge is 0.330 e. The second kappa shape index (κ2) is 7.19. The van der Waals surface area contributed by atoms with E-state index in [-0.39, 0.29) is 5.91 Å². The summed E-state index contributed by atoms with van der Waals surface area (Å²) < 4.78 is 0.956. The van der Waals surface area contributed by atoms with Crippen LogP contribution >= 0.6 is 15.9 Å². The SMILES string of the molecule is C/C(=N\NC(=O)CCCN)c1ccccc1Br. The van der Waals surface area contributed by atoms with Gasteiger partial charge in [0, 0.05) is 16.5 Å². The van der Waals surface area contributed by atoms with Crippen LogP contribution in [0.25, 0.3) is 0 Å². The molecule has 17 heavy (non-hydrogen) atoms. The maximum atomic E-state index is 11.3. The molecule has 4 nitrogen and oxygen atoms in total. The van der Waals surface area contributed by atoms with Crippen molar-refractivity contribution in [2.24, 2.45) is 10.8 Å². The fourth-order valence-corrected chi connectivity index (χ4v) is 1.85. The van der Waals surface area contributed by atoms with Crippen molar-refractivity contribution in [3.8, 4) is 0 Å². The predicted octanol–water partition coefficient (Wildman–Crippen LogP) is 2.03. The van der Waals surface area contributed by atoms with E-state index in [9.17, 15) is 4.79 Å². The minimum absolute atomic E-state index is 0.109. The Labute approximate surface area is 109 Å². The highest BCUT2D eigenvalue weighted by Crippen LogP contribution is 2.16. The Bertz CT molecular complexity index is 418. The Hall–Kier alpha value is -1.20. The van der Waals surface area contributed by atoms with Crippen LogP contribution in [0.5, 0.6) is 0 Å². The first-order chi connectivity index (χ1) is 8.15. The zero-order valence-electron chi connectivity index (χ0n) is 9.74. The number of halogens is 1. The van der Waals surface area contributed by atoms with E-state index in [1.165, 1.54) is 0 Å². The summed E-state index contributed by atoms with van der Waals surface area (Å²) in [5.74, 6) is -0.109. The number of nitrogens with zero attached hydrogens (tertiary/aromatic N) is 1. The molecule has 0 radical (unpaired) electrons. The zero-order valence-corrected chi connectivity index (χ0v) is 11.3. The maximum absolute atomic E-state index is 11.3. The molecule has 5 heteroatoms. The van der Waals surface area contributed by atoms with Crippen LogP contribution in [-0.4, -0.2) is 18.2 Å². The third-order valence-corrected chi connectivity index (χ3v) is 2.91. The van der Waals surface area contributed by atoms with E-state index >= 15 is 0 Å². The van der Waals surface area contributed by atoms with Gasteiger partial charge < -0.3 is 5.73 Å². The van der Waals surface area contributed by atoms with Crippen molar-refractivity contribution in [2.75, 3.05) is 6.54 Å². The molecule has 0 heterocycles. The summed E-state index contributed by atoms with van der Waals surface area (Å²) in [5.41, 5.74) is 9.56. The number of nitrogens with one attached hydrogen (secondary N) is 1. The van der Waals surface area contributed by atoms with Crippen LogP contribution in [0.4, 0.5) is 0 Å². The monoisotopic (exact) mass is 297 g/mol. The minimum Gasteiger partial charge on any atom is -0.330 e. The van der Waals surface area contributed by atoms with Crippen molar-refractivity contribution in [1.82, 2.24) is 5.43 Å². The van der Waals surface area contributed by atoms with Gasteiger partial charge in [0.1, 0.15) is 0 Å². The molecular formula is C12H16BrN3O. The molecule has 0 saturated heterocycles. The average Bonchev–Trinajstić information content (AvgIpc) is 2.34. The van der Waals surface area contributed by atoms with Gasteiger partial charge in [0.05, 0.1) is 5.71 Å². The number of hydrogen-bond donors (Lipinski definition) is 2. The quantitative estimate of drug-likeness (QED) is 0.645. The van der Waals surface area contributed by atoms with Gasteiger partial charge in [-0.2, -0.15) is 5.10 Å². The lowest BCUT2D eigenvalue weighted by Gasteiger charge is -2.04. The summed E-state index contributed by atoms with van der Waals surface area (Å²) in [5, 5.41) is 4.05. The zero-order chi connectivity index (χ0) is 12.7. The van der Waals surface area contributed by atoms with Crippen molar-refractivity contribution >= 4 is 27.5 Å². The van der Waals surface area contributed by atoms with Gasteiger partial charge >= 0.3 is 0 Å². The number of rotatable bonds is 5. The van der Waals surface area contributed by atoms with Crippen molar-refractivity contribution in [3.63, 3.8) is 0 Å². The first-order valence-electron chi connectivity index (χ1n) is 5.43. The molecule has 1 amide bonds. The Morgan fingerprint density at radius 3 is 2.82 bits per heavy atom. The van der Waals surface area contributed by atoms with Gasteiger partial charge in [-0.15, -0.1) is 0 Å². The molecule has 1 aromatic rings. The smallest absolute Gasteiger partial charge is 0.240 e. The number of hydrogen-bond acceptors (Lipinski definition) is 3. The molecule has 0 fully saturated rings. The van der Waals surface area contributed by atoms with E-state index in [4.69, 9.17) is 5.73 Å². The highest BCUT2D eigenvalue weighted by molar-refractivity contribution is 9.10. The van der Waals surface area contributed by atoms with Crippen LogP contribution in [0.3, 0.4) is 0 Å². The molecule has 0 spiro atoms. The van der Waals surface area contributed by atoms with E-state index in [1.807, 2.05) is 31.2 Å². The fourth-order valence-electron chi connectivity index (χ4n) is 1.28. The topological polar surface area (TPSA) is 67.5 Å². The Morgan fingerprint density at radius 1 is 1.47 bits per heavy atom. The molecule has 1 rings (SSSR count). The van der Waals surface area contributed by atoms with Crippen molar-refractivity contribution < 1.29 is 4.79 Å². The minimum atomic E-state index is -0.109. The fraction of sp³-hybridized carbons (Fsp3) is 0.333. The second-order valence-corrected chi connectivity index (χ2v) is 4.46. The van der Waals surface area contributed by atoms with Gasteiger partial charge in [-0.3, -0.25) is 4.79 Å². The summed E-state index contributed by atoms with van der Waals surface area (Å²) in [7, 11) is 0. The first-order valence-corrected chi connectivity index (χ1v) is 6.22. The van der Waals surface area contributed by atoms with E-state index in [0.29, 0.717) is 19.4 Å². The summed E-state index contributed by atoms with van der Waals surface area (Å²) in [6.07, 6.45) is 1.08. The predicted molar refractivity (Wildman–Crippen MR) is 72.8 cm³/mol. The van der Waals surface area contributed by atoms with Crippen LogP contribution in [0.15, 0.2) is 33.8 Å². The molecule has 3 N–H and O–H groups in total. The lowest BCUT2D eigenvalue weighted by Crippen LogP contribution is -2.20. The van der Waals surface area contributed by atoms with E-state index < -0.39 is 0 Å². The van der Waals surface area contributed by atoms with Crippen LogP contribution < -0.4 is 11.2 Å². The molecular weight excluding hydrogens is 282 g/mol. The normalized spacial score (nSPS) is 11.4. The van der Waals surface area contributed by atoms with Gasteiger partial charge in [-0.1, -0.05) is 34.1 Å². The van der Waals surface area contributed by atoms with Gasteiger partial charge in [-0.05, 0) is 26.0 Å². The highest BCUT2D eigenvalue weighted by atomic mass is 79.9. The first kappa shape index (κ1) is 13.9. The van der Waals surface area contributed by atoms with Crippen LogP contribution in [0.1, 0.15) is 25.3 Å². The lowest BCUT2D eigenvalue weighted by atomic mass is 10.1. The average molecular weight is 298 g/mol. The molecule has 0 aromatic heterocycles. The van der Waals surface area contributed by atoms with Crippen molar-refractivity contribution in [2.45, 2.75) is 19.8 Å². The molecule has 0 bridgehead atoms. The summed E-state index contributed by atoms with van der Waals surface area (Å²) in [6, 6.07) is 7.73. The Morgan fingerprint density at radius 2 is 2.18 bits per heavy atom.